The van der Waals surface area contributed by atoms with Crippen molar-refractivity contribution in [1.82, 2.24) is 10.6 Å². The molecule has 0 aromatic rings. The number of unbranched alkanes of at least 4 members (excludes halogenated alkanes) is 4. The number of hydrogen-bond acceptors (Lipinski definition) is 8. The lowest BCUT2D eigenvalue weighted by molar-refractivity contribution is -0.121. The minimum Gasteiger partial charge on any atom is -0.382 e. The second-order valence-corrected chi connectivity index (χ2v) is 7.40. The molecule has 0 aliphatic rings. The SMILES string of the molecule is CNC(=O)CCCCCOCCOCCOC.CNC(=O)CCCCCOCCOCCOC. The molecule has 0 heterocycles. The van der Waals surface area contributed by atoms with Gasteiger partial charge in [0.25, 0.3) is 0 Å². The maximum Gasteiger partial charge on any atom is 0.219 e. The van der Waals surface area contributed by atoms with Crippen molar-refractivity contribution in [3.05, 3.63) is 0 Å². The maximum absolute atomic E-state index is 10.9. The quantitative estimate of drug-likeness (QED) is 0.196. The molecule has 0 aliphatic carbocycles. The van der Waals surface area contributed by atoms with Crippen molar-refractivity contribution in [2.45, 2.75) is 51.4 Å². The van der Waals surface area contributed by atoms with Gasteiger partial charge in [0.15, 0.2) is 0 Å². The van der Waals surface area contributed by atoms with Crippen LogP contribution in [0.15, 0.2) is 0 Å². The fraction of sp³-hybridized carbons (Fsp3) is 0.917. The van der Waals surface area contributed by atoms with Gasteiger partial charge in [0.1, 0.15) is 0 Å². The normalized spacial score (nSPS) is 10.5. The van der Waals surface area contributed by atoms with Gasteiger partial charge in [0, 0.05) is 54.4 Å². The van der Waals surface area contributed by atoms with Gasteiger partial charge in [-0.3, -0.25) is 9.59 Å². The summed E-state index contributed by atoms with van der Waals surface area (Å²) in [7, 11) is 6.63. The summed E-state index contributed by atoms with van der Waals surface area (Å²) in [6.07, 6.45) is 7.11. The second-order valence-electron chi connectivity index (χ2n) is 7.40. The van der Waals surface area contributed by atoms with Gasteiger partial charge in [-0.1, -0.05) is 12.8 Å². The minimum absolute atomic E-state index is 0.109. The van der Waals surface area contributed by atoms with Crippen LogP contribution in [0.5, 0.6) is 0 Å². The van der Waals surface area contributed by atoms with E-state index in [0.717, 1.165) is 51.7 Å². The molecule has 0 bridgehead atoms. The van der Waals surface area contributed by atoms with Gasteiger partial charge in [-0.05, 0) is 25.7 Å². The van der Waals surface area contributed by atoms with Crippen LogP contribution in [0.25, 0.3) is 0 Å². The Labute approximate surface area is 206 Å². The summed E-state index contributed by atoms with van der Waals surface area (Å²) in [6.45, 7) is 6.43. The fourth-order valence-corrected chi connectivity index (χ4v) is 2.51. The third kappa shape index (κ3) is 32.9. The van der Waals surface area contributed by atoms with Gasteiger partial charge in [0.2, 0.25) is 11.8 Å². The molecule has 0 atom stereocenters. The van der Waals surface area contributed by atoms with E-state index >= 15 is 0 Å². The van der Waals surface area contributed by atoms with Crippen molar-refractivity contribution in [2.75, 3.05) is 94.4 Å². The summed E-state index contributed by atoms with van der Waals surface area (Å²) in [4.78, 5) is 21.8. The zero-order valence-corrected chi connectivity index (χ0v) is 22.0. The van der Waals surface area contributed by atoms with Crippen LogP contribution in [0.4, 0.5) is 0 Å². The van der Waals surface area contributed by atoms with Crippen LogP contribution >= 0.6 is 0 Å². The number of amides is 2. The molecule has 0 unspecified atom stereocenters. The number of carbonyl (C=O) groups excluding carboxylic acids is 2. The van der Waals surface area contributed by atoms with E-state index in [2.05, 4.69) is 10.6 Å². The van der Waals surface area contributed by atoms with Crippen LogP contribution in [-0.2, 0) is 38.0 Å². The van der Waals surface area contributed by atoms with Crippen LogP contribution in [0.3, 0.4) is 0 Å². The first-order valence-corrected chi connectivity index (χ1v) is 12.3. The molecule has 0 aliphatic heterocycles. The van der Waals surface area contributed by atoms with Crippen molar-refractivity contribution in [3.63, 3.8) is 0 Å². The molecule has 0 aromatic carbocycles. The number of hydrogen-bond donors (Lipinski definition) is 2. The molecule has 0 saturated heterocycles. The van der Waals surface area contributed by atoms with Gasteiger partial charge in [-0.25, -0.2) is 0 Å². The molecule has 0 radical (unpaired) electrons. The smallest absolute Gasteiger partial charge is 0.219 e. The van der Waals surface area contributed by atoms with Gasteiger partial charge in [0.05, 0.1) is 52.9 Å². The van der Waals surface area contributed by atoms with Crippen molar-refractivity contribution < 1.29 is 38.0 Å². The molecule has 2 amide bonds. The Morgan fingerprint density at radius 2 is 0.794 bits per heavy atom. The van der Waals surface area contributed by atoms with E-state index in [9.17, 15) is 9.59 Å². The summed E-state index contributed by atoms with van der Waals surface area (Å²) >= 11 is 0. The molecule has 0 aromatic heterocycles. The Morgan fingerprint density at radius 3 is 1.12 bits per heavy atom. The maximum atomic E-state index is 10.9. The molecule has 34 heavy (non-hydrogen) atoms. The van der Waals surface area contributed by atoms with Crippen LogP contribution in [-0.4, -0.2) is 106 Å². The first kappa shape index (κ1) is 34.9. The van der Waals surface area contributed by atoms with Crippen LogP contribution in [0, 0.1) is 0 Å². The van der Waals surface area contributed by atoms with Crippen molar-refractivity contribution in [3.8, 4) is 0 Å². The highest BCUT2D eigenvalue weighted by molar-refractivity contribution is 5.75. The van der Waals surface area contributed by atoms with E-state index in [1.807, 2.05) is 0 Å². The Kier molecular flexibility index (Phi) is 32.5. The summed E-state index contributed by atoms with van der Waals surface area (Å²) in [5.41, 5.74) is 0. The molecule has 0 spiro atoms. The molecule has 0 rings (SSSR count). The van der Waals surface area contributed by atoms with Gasteiger partial charge >= 0.3 is 0 Å². The van der Waals surface area contributed by atoms with Crippen LogP contribution in [0.2, 0.25) is 0 Å². The highest BCUT2D eigenvalue weighted by atomic mass is 16.5. The first-order valence-electron chi connectivity index (χ1n) is 12.3. The third-order valence-corrected chi connectivity index (χ3v) is 4.55. The number of rotatable bonds is 24. The lowest BCUT2D eigenvalue weighted by Crippen LogP contribution is -2.16. The van der Waals surface area contributed by atoms with Gasteiger partial charge < -0.3 is 39.1 Å². The van der Waals surface area contributed by atoms with Crippen LogP contribution in [0.1, 0.15) is 51.4 Å². The monoisotopic (exact) mass is 494 g/mol. The number of nitrogens with one attached hydrogen (secondary N) is 2. The average Bonchev–Trinajstić information content (AvgIpc) is 2.85. The van der Waals surface area contributed by atoms with E-state index in [-0.39, 0.29) is 11.8 Å². The predicted molar refractivity (Wildman–Crippen MR) is 132 cm³/mol. The zero-order valence-electron chi connectivity index (χ0n) is 22.0. The van der Waals surface area contributed by atoms with Gasteiger partial charge in [-0.15, -0.1) is 0 Å². The molecule has 10 nitrogen and oxygen atoms in total. The highest BCUT2D eigenvalue weighted by Gasteiger charge is 1.98. The van der Waals surface area contributed by atoms with Crippen molar-refractivity contribution in [1.29, 1.82) is 0 Å². The standard InChI is InChI=1S/2C12H25NO4/c2*1-13-12(14)6-4-3-5-7-16-10-11-17-9-8-15-2/h2*3-11H2,1-2H3,(H,13,14). The molecule has 0 fully saturated rings. The van der Waals surface area contributed by atoms with Crippen molar-refractivity contribution in [2.24, 2.45) is 0 Å². The van der Waals surface area contributed by atoms with E-state index in [0.29, 0.717) is 65.7 Å². The number of methoxy groups -OCH3 is 2. The highest BCUT2D eigenvalue weighted by Crippen LogP contribution is 2.00. The molecular weight excluding hydrogens is 444 g/mol. The summed E-state index contributed by atoms with van der Waals surface area (Å²) < 4.78 is 30.9. The largest absolute Gasteiger partial charge is 0.382 e. The molecule has 0 saturated carbocycles. The number of ether oxygens (including phenoxy) is 6. The van der Waals surface area contributed by atoms with Crippen LogP contribution < -0.4 is 10.6 Å². The van der Waals surface area contributed by atoms with E-state index in [1.54, 1.807) is 28.3 Å². The molecule has 10 heteroatoms. The lowest BCUT2D eigenvalue weighted by atomic mass is 10.2. The summed E-state index contributed by atoms with van der Waals surface area (Å²) in [5, 5.41) is 5.21. The van der Waals surface area contributed by atoms with E-state index < -0.39 is 0 Å². The summed E-state index contributed by atoms with van der Waals surface area (Å²) in [5.74, 6) is 0.218. The molecular formula is C24H50N2O8. The van der Waals surface area contributed by atoms with E-state index in [1.165, 1.54) is 0 Å². The average molecular weight is 495 g/mol. The second kappa shape index (κ2) is 31.7. The number of carbonyl (C=O) groups is 2. The van der Waals surface area contributed by atoms with E-state index in [4.69, 9.17) is 28.4 Å². The minimum atomic E-state index is 0.109. The molecule has 204 valence electrons. The van der Waals surface area contributed by atoms with Gasteiger partial charge in [-0.2, -0.15) is 0 Å². The zero-order chi connectivity index (χ0) is 25.5. The molecule has 2 N–H and O–H groups in total. The Bertz CT molecular complexity index is 390. The Balaban J connectivity index is 0. The topological polar surface area (TPSA) is 114 Å². The Hall–Kier alpha value is -1.30. The lowest BCUT2D eigenvalue weighted by Gasteiger charge is -2.05. The Morgan fingerprint density at radius 1 is 0.471 bits per heavy atom. The first-order chi connectivity index (χ1) is 16.6. The van der Waals surface area contributed by atoms with Crippen molar-refractivity contribution >= 4 is 11.8 Å². The predicted octanol–water partition coefficient (Wildman–Crippen LogP) is 1.94. The summed E-state index contributed by atoms with van der Waals surface area (Å²) in [6, 6.07) is 0. The third-order valence-electron chi connectivity index (χ3n) is 4.55. The fourth-order valence-electron chi connectivity index (χ4n) is 2.51.